The quantitative estimate of drug-likeness (QED) is 0.620. The third-order valence-electron chi connectivity index (χ3n) is 4.25. The minimum Gasteiger partial charge on any atom is -0.493 e. The van der Waals surface area contributed by atoms with Crippen molar-refractivity contribution in [3.8, 4) is 17.2 Å². The molecular formula is C21H24N4O3. The maximum atomic E-state index is 5.39. The number of methoxy groups -OCH3 is 3. The Morgan fingerprint density at radius 3 is 1.96 bits per heavy atom. The van der Waals surface area contributed by atoms with E-state index in [9.17, 15) is 0 Å². The Kier molecular flexibility index (Phi) is 5.84. The van der Waals surface area contributed by atoms with Gasteiger partial charge in [-0.2, -0.15) is 0 Å². The number of hydrogen-bond acceptors (Lipinski definition) is 7. The van der Waals surface area contributed by atoms with Crippen LogP contribution in [0.25, 0.3) is 0 Å². The summed E-state index contributed by atoms with van der Waals surface area (Å²) in [6.07, 6.45) is 1.51. The lowest BCUT2D eigenvalue weighted by atomic mass is 10.1. The highest BCUT2D eigenvalue weighted by molar-refractivity contribution is 5.69. The van der Waals surface area contributed by atoms with Crippen LogP contribution in [-0.4, -0.2) is 31.3 Å². The molecule has 0 aliphatic heterocycles. The highest BCUT2D eigenvalue weighted by Gasteiger charge is 2.13. The fraction of sp³-hybridized carbons (Fsp3) is 0.238. The van der Waals surface area contributed by atoms with Crippen molar-refractivity contribution >= 4 is 23.0 Å². The van der Waals surface area contributed by atoms with Gasteiger partial charge in [-0.05, 0) is 25.5 Å². The van der Waals surface area contributed by atoms with Gasteiger partial charge in [0.15, 0.2) is 11.5 Å². The third-order valence-corrected chi connectivity index (χ3v) is 4.25. The molecular weight excluding hydrogens is 356 g/mol. The van der Waals surface area contributed by atoms with Gasteiger partial charge in [0, 0.05) is 29.6 Å². The molecule has 0 atom stereocenters. The Labute approximate surface area is 164 Å². The van der Waals surface area contributed by atoms with E-state index in [2.05, 4.69) is 46.6 Å². The van der Waals surface area contributed by atoms with Crippen molar-refractivity contribution in [2.45, 2.75) is 13.8 Å². The maximum Gasteiger partial charge on any atom is 0.203 e. The van der Waals surface area contributed by atoms with E-state index in [-0.39, 0.29) is 0 Å². The largest absolute Gasteiger partial charge is 0.493 e. The maximum absolute atomic E-state index is 5.39. The highest BCUT2D eigenvalue weighted by Crippen LogP contribution is 2.40. The minimum absolute atomic E-state index is 0.537. The van der Waals surface area contributed by atoms with E-state index < -0.39 is 0 Å². The Hall–Kier alpha value is -3.48. The van der Waals surface area contributed by atoms with Crippen LogP contribution in [0.3, 0.4) is 0 Å². The van der Waals surface area contributed by atoms with Gasteiger partial charge in [-0.15, -0.1) is 0 Å². The molecule has 0 bridgehead atoms. The number of aromatic nitrogens is 2. The van der Waals surface area contributed by atoms with Crippen LogP contribution in [0.1, 0.15) is 11.1 Å². The van der Waals surface area contributed by atoms with Gasteiger partial charge >= 0.3 is 0 Å². The predicted molar refractivity (Wildman–Crippen MR) is 111 cm³/mol. The smallest absolute Gasteiger partial charge is 0.203 e. The van der Waals surface area contributed by atoms with Crippen molar-refractivity contribution in [3.05, 3.63) is 53.9 Å². The molecule has 0 aliphatic carbocycles. The summed E-state index contributed by atoms with van der Waals surface area (Å²) in [6.45, 7) is 4.13. The van der Waals surface area contributed by atoms with Crippen LogP contribution < -0.4 is 24.8 Å². The lowest BCUT2D eigenvalue weighted by Crippen LogP contribution is -2.01. The number of anilines is 4. The van der Waals surface area contributed by atoms with Crippen LogP contribution in [0.4, 0.5) is 23.0 Å². The fourth-order valence-corrected chi connectivity index (χ4v) is 2.89. The molecule has 0 saturated carbocycles. The van der Waals surface area contributed by atoms with Crippen LogP contribution in [-0.2, 0) is 0 Å². The summed E-state index contributed by atoms with van der Waals surface area (Å²) in [5.41, 5.74) is 4.13. The number of rotatable bonds is 7. The number of nitrogens with zero attached hydrogens (tertiary/aromatic N) is 2. The second-order valence-electron chi connectivity index (χ2n) is 6.27. The van der Waals surface area contributed by atoms with E-state index in [1.807, 2.05) is 24.3 Å². The van der Waals surface area contributed by atoms with Gasteiger partial charge in [-0.3, -0.25) is 0 Å². The van der Waals surface area contributed by atoms with E-state index in [0.29, 0.717) is 28.9 Å². The fourth-order valence-electron chi connectivity index (χ4n) is 2.89. The molecule has 0 saturated heterocycles. The van der Waals surface area contributed by atoms with E-state index >= 15 is 0 Å². The van der Waals surface area contributed by atoms with Gasteiger partial charge in [0.1, 0.15) is 18.0 Å². The molecule has 0 unspecified atom stereocenters. The third kappa shape index (κ3) is 4.25. The van der Waals surface area contributed by atoms with Gasteiger partial charge < -0.3 is 24.8 Å². The summed E-state index contributed by atoms with van der Waals surface area (Å²) in [5, 5.41) is 6.58. The van der Waals surface area contributed by atoms with Crippen molar-refractivity contribution in [2.24, 2.45) is 0 Å². The molecule has 1 aromatic heterocycles. The summed E-state index contributed by atoms with van der Waals surface area (Å²) in [4.78, 5) is 8.59. The lowest BCUT2D eigenvalue weighted by Gasteiger charge is -2.15. The van der Waals surface area contributed by atoms with Gasteiger partial charge in [0.25, 0.3) is 0 Å². The number of benzene rings is 2. The Bertz CT molecular complexity index is 951. The standard InChI is InChI=1S/C21H24N4O3/c1-13-6-7-16(14(2)8-13)25-20-11-19(22-12-23-20)24-15-9-17(26-3)21(28-5)18(10-15)27-4/h6-12H,1-5H3,(H2,22,23,24,25). The lowest BCUT2D eigenvalue weighted by molar-refractivity contribution is 0.324. The molecule has 146 valence electrons. The Morgan fingerprint density at radius 2 is 1.39 bits per heavy atom. The van der Waals surface area contributed by atoms with E-state index in [1.54, 1.807) is 21.3 Å². The molecule has 28 heavy (non-hydrogen) atoms. The molecule has 3 rings (SSSR count). The van der Waals surface area contributed by atoms with Crippen LogP contribution in [0.5, 0.6) is 17.2 Å². The first-order valence-electron chi connectivity index (χ1n) is 8.77. The van der Waals surface area contributed by atoms with Crippen molar-refractivity contribution in [1.82, 2.24) is 9.97 Å². The Balaban J connectivity index is 1.85. The molecule has 3 aromatic rings. The normalized spacial score (nSPS) is 10.3. The van der Waals surface area contributed by atoms with Crippen LogP contribution in [0.2, 0.25) is 0 Å². The number of aryl methyl sites for hydroxylation is 2. The second kappa shape index (κ2) is 8.47. The van der Waals surface area contributed by atoms with Crippen molar-refractivity contribution in [1.29, 1.82) is 0 Å². The average molecular weight is 380 g/mol. The minimum atomic E-state index is 0.537. The summed E-state index contributed by atoms with van der Waals surface area (Å²) in [5.74, 6) is 2.99. The summed E-state index contributed by atoms with van der Waals surface area (Å²) < 4.78 is 16.1. The van der Waals surface area contributed by atoms with E-state index in [1.165, 1.54) is 11.9 Å². The topological polar surface area (TPSA) is 77.5 Å². The molecule has 7 nitrogen and oxygen atoms in total. The number of nitrogens with one attached hydrogen (secondary N) is 2. The molecule has 1 heterocycles. The molecule has 0 fully saturated rings. The molecule has 0 aliphatic rings. The highest BCUT2D eigenvalue weighted by atomic mass is 16.5. The zero-order valence-corrected chi connectivity index (χ0v) is 16.7. The molecule has 0 spiro atoms. The molecule has 7 heteroatoms. The number of hydrogen-bond donors (Lipinski definition) is 2. The average Bonchev–Trinajstić information content (AvgIpc) is 2.69. The zero-order valence-electron chi connectivity index (χ0n) is 16.7. The zero-order chi connectivity index (χ0) is 20.1. The van der Waals surface area contributed by atoms with Crippen molar-refractivity contribution in [3.63, 3.8) is 0 Å². The molecule has 0 amide bonds. The summed E-state index contributed by atoms with van der Waals surface area (Å²) >= 11 is 0. The molecule has 0 radical (unpaired) electrons. The van der Waals surface area contributed by atoms with E-state index in [4.69, 9.17) is 14.2 Å². The van der Waals surface area contributed by atoms with Crippen molar-refractivity contribution in [2.75, 3.05) is 32.0 Å². The first kappa shape index (κ1) is 19.3. The second-order valence-corrected chi connectivity index (χ2v) is 6.27. The first-order valence-corrected chi connectivity index (χ1v) is 8.77. The molecule has 2 aromatic carbocycles. The van der Waals surface area contributed by atoms with Gasteiger partial charge in [0.05, 0.1) is 21.3 Å². The number of ether oxygens (including phenoxy) is 3. The summed E-state index contributed by atoms with van der Waals surface area (Å²) in [6, 6.07) is 11.7. The Morgan fingerprint density at radius 1 is 0.750 bits per heavy atom. The van der Waals surface area contributed by atoms with Crippen LogP contribution in [0, 0.1) is 13.8 Å². The van der Waals surface area contributed by atoms with Gasteiger partial charge in [-0.1, -0.05) is 17.7 Å². The molecule has 2 N–H and O–H groups in total. The SMILES string of the molecule is COc1cc(Nc2cc(Nc3ccc(C)cc3C)ncn2)cc(OC)c1OC. The summed E-state index contributed by atoms with van der Waals surface area (Å²) in [7, 11) is 4.73. The first-order chi connectivity index (χ1) is 13.5. The predicted octanol–water partition coefficient (Wildman–Crippen LogP) is 4.61. The van der Waals surface area contributed by atoms with Crippen LogP contribution >= 0.6 is 0 Å². The van der Waals surface area contributed by atoms with E-state index in [0.717, 1.165) is 16.9 Å². The van der Waals surface area contributed by atoms with Gasteiger partial charge in [0.2, 0.25) is 5.75 Å². The van der Waals surface area contributed by atoms with Crippen LogP contribution in [0.15, 0.2) is 42.7 Å². The van der Waals surface area contributed by atoms with Crippen molar-refractivity contribution < 1.29 is 14.2 Å². The van der Waals surface area contributed by atoms with Gasteiger partial charge in [-0.25, -0.2) is 9.97 Å². The monoisotopic (exact) mass is 380 g/mol.